The first-order valence-corrected chi connectivity index (χ1v) is 11.9. The van der Waals surface area contributed by atoms with E-state index >= 15 is 0 Å². The molecule has 0 bridgehead atoms. The molecule has 1 fully saturated rings. The summed E-state index contributed by atoms with van der Waals surface area (Å²) in [7, 11) is 1.88. The second kappa shape index (κ2) is 10.6. The lowest BCUT2D eigenvalue weighted by Crippen LogP contribution is -2.31. The number of nitrogens with zero attached hydrogens (tertiary/aromatic N) is 4. The van der Waals surface area contributed by atoms with Crippen LogP contribution in [0.3, 0.4) is 0 Å². The molecule has 8 nitrogen and oxygen atoms in total. The number of thiazole rings is 1. The minimum absolute atomic E-state index is 0.0340. The van der Waals surface area contributed by atoms with Gasteiger partial charge < -0.3 is 21.3 Å². The number of hydrogen-bond acceptors (Lipinski definition) is 7. The van der Waals surface area contributed by atoms with Crippen molar-refractivity contribution in [2.75, 3.05) is 36.1 Å². The van der Waals surface area contributed by atoms with Crippen LogP contribution in [0.5, 0.6) is 0 Å². The third-order valence-electron chi connectivity index (χ3n) is 5.85. The maximum Gasteiger partial charge on any atom is 0.277 e. The summed E-state index contributed by atoms with van der Waals surface area (Å²) in [5, 5.41) is 9.84. The Hall–Kier alpha value is -3.19. The molecule has 0 radical (unpaired) electrons. The van der Waals surface area contributed by atoms with E-state index < -0.39 is 30.5 Å². The summed E-state index contributed by atoms with van der Waals surface area (Å²) in [5.74, 6) is -2.03. The van der Waals surface area contributed by atoms with Gasteiger partial charge in [0.05, 0.1) is 11.8 Å². The number of rotatable bonds is 7. The van der Waals surface area contributed by atoms with Crippen molar-refractivity contribution in [1.29, 1.82) is 0 Å². The predicted molar refractivity (Wildman–Crippen MR) is 127 cm³/mol. The summed E-state index contributed by atoms with van der Waals surface area (Å²) in [6, 6.07) is 3.69. The molecule has 35 heavy (non-hydrogen) atoms. The molecule has 4 N–H and O–H groups in total. The fourth-order valence-corrected chi connectivity index (χ4v) is 5.02. The number of benzene rings is 1. The first kappa shape index (κ1) is 24.9. The fourth-order valence-electron chi connectivity index (χ4n) is 4.15. The monoisotopic (exact) mass is 511 g/mol. The lowest BCUT2D eigenvalue weighted by molar-refractivity contribution is 0.102. The van der Waals surface area contributed by atoms with Crippen molar-refractivity contribution in [1.82, 2.24) is 20.1 Å². The summed E-state index contributed by atoms with van der Waals surface area (Å²) >= 11 is 0.775. The van der Waals surface area contributed by atoms with Crippen molar-refractivity contribution in [3.8, 4) is 10.6 Å². The molecule has 0 aliphatic carbocycles. The van der Waals surface area contributed by atoms with E-state index in [0.29, 0.717) is 24.9 Å². The van der Waals surface area contributed by atoms with Gasteiger partial charge in [-0.25, -0.2) is 27.2 Å². The van der Waals surface area contributed by atoms with E-state index in [1.54, 1.807) is 0 Å². The normalized spacial score (nSPS) is 16.5. The maximum atomic E-state index is 14.2. The van der Waals surface area contributed by atoms with E-state index in [0.717, 1.165) is 42.7 Å². The Labute approximate surface area is 203 Å². The number of alkyl halides is 2. The first-order chi connectivity index (χ1) is 16.8. The smallest absolute Gasteiger partial charge is 0.277 e. The highest BCUT2D eigenvalue weighted by Crippen LogP contribution is 2.35. The Bertz CT molecular complexity index is 1180. The van der Waals surface area contributed by atoms with Crippen LogP contribution in [0, 0.1) is 11.6 Å². The third kappa shape index (κ3) is 5.40. The number of nitrogens with two attached hydrogens (primary N) is 1. The zero-order valence-electron chi connectivity index (χ0n) is 18.9. The average molecular weight is 512 g/mol. The van der Waals surface area contributed by atoms with E-state index in [2.05, 4.69) is 20.7 Å². The standard InChI is InChI=1S/C22H25F4N7OS/c1-28-12-4-3-8-32(9-7-12)22-15(10-29-33(22)11-16(25)26)30-20(34)18-19(27)35-21(31-18)17-13(23)5-2-6-14(17)24/h2,5-6,10,12,16,28H,3-4,7-9,11,27H2,1H3,(H,30,34). The average Bonchev–Trinajstić information content (AvgIpc) is 3.27. The number of aromatic nitrogens is 3. The van der Waals surface area contributed by atoms with Gasteiger partial charge in [-0.05, 0) is 38.4 Å². The van der Waals surface area contributed by atoms with Crippen molar-refractivity contribution in [2.45, 2.75) is 38.3 Å². The highest BCUT2D eigenvalue weighted by molar-refractivity contribution is 7.19. The zero-order valence-corrected chi connectivity index (χ0v) is 19.7. The van der Waals surface area contributed by atoms with E-state index in [4.69, 9.17) is 5.73 Å². The van der Waals surface area contributed by atoms with E-state index in [-0.39, 0.29) is 27.0 Å². The number of carbonyl (C=O) groups is 1. The summed E-state index contributed by atoms with van der Waals surface area (Å²) < 4.78 is 56.0. The number of nitrogen functional groups attached to an aromatic ring is 1. The molecule has 3 heterocycles. The van der Waals surface area contributed by atoms with Crippen LogP contribution in [0.15, 0.2) is 24.4 Å². The molecule has 1 amide bonds. The molecule has 1 atom stereocenters. The molecule has 13 heteroatoms. The van der Waals surface area contributed by atoms with Gasteiger partial charge in [0.25, 0.3) is 12.3 Å². The lowest BCUT2D eigenvalue weighted by atomic mass is 10.1. The number of anilines is 3. The number of amides is 1. The minimum Gasteiger partial charge on any atom is -0.389 e. The molecular formula is C22H25F4N7OS. The number of hydrogen-bond donors (Lipinski definition) is 3. The maximum absolute atomic E-state index is 14.2. The molecule has 1 aliphatic heterocycles. The topological polar surface area (TPSA) is 101 Å². The molecule has 1 unspecified atom stereocenters. The Morgan fingerprint density at radius 1 is 1.26 bits per heavy atom. The molecule has 1 saturated heterocycles. The van der Waals surface area contributed by atoms with Crippen LogP contribution in [0.4, 0.5) is 34.1 Å². The quantitative estimate of drug-likeness (QED) is 0.415. The number of halogens is 4. The second-order valence-corrected chi connectivity index (χ2v) is 9.17. The van der Waals surface area contributed by atoms with Gasteiger partial charge in [-0.15, -0.1) is 0 Å². The van der Waals surface area contributed by atoms with Crippen LogP contribution >= 0.6 is 11.3 Å². The van der Waals surface area contributed by atoms with Gasteiger partial charge in [0, 0.05) is 19.1 Å². The van der Waals surface area contributed by atoms with Crippen LogP contribution in [0.25, 0.3) is 10.6 Å². The Morgan fingerprint density at radius 2 is 2.00 bits per heavy atom. The van der Waals surface area contributed by atoms with Gasteiger partial charge in [0.2, 0.25) is 0 Å². The highest BCUT2D eigenvalue weighted by atomic mass is 32.1. The molecular weight excluding hydrogens is 486 g/mol. The zero-order chi connectivity index (χ0) is 25.1. The predicted octanol–water partition coefficient (Wildman–Crippen LogP) is 3.96. The van der Waals surface area contributed by atoms with Gasteiger partial charge >= 0.3 is 0 Å². The Kier molecular flexibility index (Phi) is 7.55. The van der Waals surface area contributed by atoms with Crippen molar-refractivity contribution in [3.05, 3.63) is 41.7 Å². The molecule has 1 aliphatic rings. The second-order valence-electron chi connectivity index (χ2n) is 8.14. The fraction of sp³-hybridized carbons (Fsp3) is 0.409. The third-order valence-corrected chi connectivity index (χ3v) is 6.75. The Balaban J connectivity index is 1.62. The summed E-state index contributed by atoms with van der Waals surface area (Å²) in [6.07, 6.45) is 1.22. The molecule has 3 aromatic rings. The molecule has 0 spiro atoms. The van der Waals surface area contributed by atoms with Gasteiger partial charge in [0.1, 0.15) is 33.9 Å². The van der Waals surface area contributed by atoms with Gasteiger partial charge in [-0.3, -0.25) is 4.79 Å². The lowest BCUT2D eigenvalue weighted by Gasteiger charge is -2.25. The molecule has 2 aromatic heterocycles. The summed E-state index contributed by atoms with van der Waals surface area (Å²) in [6.45, 7) is 0.553. The summed E-state index contributed by atoms with van der Waals surface area (Å²) in [5.41, 5.74) is 5.58. The van der Waals surface area contributed by atoms with E-state index in [1.165, 1.54) is 16.9 Å². The molecule has 188 valence electrons. The highest BCUT2D eigenvalue weighted by Gasteiger charge is 2.26. The van der Waals surface area contributed by atoms with Crippen LogP contribution < -0.4 is 21.3 Å². The SMILES string of the molecule is CNC1CCCN(c2c(NC(=O)c3nc(-c4c(F)cccc4F)sc3N)cnn2CC(F)F)CC1. The molecule has 4 rings (SSSR count). The number of nitrogens with one attached hydrogen (secondary N) is 2. The van der Waals surface area contributed by atoms with Crippen molar-refractivity contribution >= 4 is 33.8 Å². The van der Waals surface area contributed by atoms with Crippen molar-refractivity contribution < 1.29 is 22.4 Å². The summed E-state index contributed by atoms with van der Waals surface area (Å²) in [4.78, 5) is 19.0. The minimum atomic E-state index is -2.64. The van der Waals surface area contributed by atoms with Crippen molar-refractivity contribution in [3.63, 3.8) is 0 Å². The Morgan fingerprint density at radius 3 is 2.69 bits per heavy atom. The van der Waals surface area contributed by atoms with Crippen LogP contribution in [0.2, 0.25) is 0 Å². The van der Waals surface area contributed by atoms with Gasteiger partial charge in [-0.2, -0.15) is 5.10 Å². The molecule has 1 aromatic carbocycles. The van der Waals surface area contributed by atoms with Crippen LogP contribution in [-0.2, 0) is 6.54 Å². The van der Waals surface area contributed by atoms with Crippen LogP contribution in [0.1, 0.15) is 29.8 Å². The largest absolute Gasteiger partial charge is 0.389 e. The number of carbonyl (C=O) groups excluding carboxylic acids is 1. The van der Waals surface area contributed by atoms with Crippen LogP contribution in [-0.4, -0.2) is 53.3 Å². The molecule has 0 saturated carbocycles. The first-order valence-electron chi connectivity index (χ1n) is 11.1. The van der Waals surface area contributed by atoms with Gasteiger partial charge in [0.15, 0.2) is 11.5 Å². The van der Waals surface area contributed by atoms with Crippen molar-refractivity contribution in [2.24, 2.45) is 0 Å². The van der Waals surface area contributed by atoms with Gasteiger partial charge in [-0.1, -0.05) is 17.4 Å². The van der Waals surface area contributed by atoms with E-state index in [9.17, 15) is 22.4 Å². The van der Waals surface area contributed by atoms with E-state index in [1.807, 2.05) is 11.9 Å².